The lowest BCUT2D eigenvalue weighted by molar-refractivity contribution is -0.146. The number of piperazine rings is 1. The van der Waals surface area contributed by atoms with Crippen LogP contribution in [0.4, 0.5) is 0 Å². The Morgan fingerprint density at radius 2 is 1.97 bits per heavy atom. The summed E-state index contributed by atoms with van der Waals surface area (Å²) in [5.74, 6) is 0.137. The Kier molecular flexibility index (Phi) is 5.68. The molecule has 2 aliphatic heterocycles. The molecule has 9 heteroatoms. The summed E-state index contributed by atoms with van der Waals surface area (Å²) in [7, 11) is 0. The topological polar surface area (TPSA) is 104 Å². The Balaban J connectivity index is 1.35. The predicted molar refractivity (Wildman–Crippen MR) is 108 cm³/mol. The molecule has 4 heterocycles. The van der Waals surface area contributed by atoms with E-state index in [1.807, 2.05) is 23.6 Å². The average molecular weight is 410 g/mol. The van der Waals surface area contributed by atoms with Crippen LogP contribution in [-0.4, -0.2) is 75.1 Å². The van der Waals surface area contributed by atoms with Gasteiger partial charge in [-0.1, -0.05) is 0 Å². The van der Waals surface area contributed by atoms with E-state index >= 15 is 0 Å². The molecule has 0 saturated carbocycles. The van der Waals surface area contributed by atoms with Gasteiger partial charge in [-0.3, -0.25) is 9.59 Å². The number of aryl methyl sites for hydroxylation is 2. The van der Waals surface area contributed by atoms with Crippen LogP contribution in [-0.2, 0) is 20.7 Å². The Labute approximate surface area is 175 Å². The van der Waals surface area contributed by atoms with E-state index in [4.69, 9.17) is 4.74 Å². The van der Waals surface area contributed by atoms with E-state index < -0.39 is 0 Å². The highest BCUT2D eigenvalue weighted by Crippen LogP contribution is 2.19. The van der Waals surface area contributed by atoms with E-state index in [2.05, 4.69) is 16.2 Å². The molecule has 2 amide bonds. The van der Waals surface area contributed by atoms with Gasteiger partial charge >= 0.3 is 0 Å². The van der Waals surface area contributed by atoms with Crippen molar-refractivity contribution >= 4 is 17.5 Å². The van der Waals surface area contributed by atoms with Crippen LogP contribution in [0.3, 0.4) is 0 Å². The van der Waals surface area contributed by atoms with Crippen molar-refractivity contribution < 1.29 is 14.3 Å². The molecule has 0 bridgehead atoms. The fourth-order valence-corrected chi connectivity index (χ4v) is 4.29. The normalized spacial score (nSPS) is 19.3. The third kappa shape index (κ3) is 3.75. The molecule has 158 valence electrons. The lowest BCUT2D eigenvalue weighted by Gasteiger charge is -2.35. The van der Waals surface area contributed by atoms with Gasteiger partial charge in [0.1, 0.15) is 17.7 Å². The molecule has 4 rings (SSSR count). The molecule has 2 saturated heterocycles. The molecule has 0 aromatic carbocycles. The van der Waals surface area contributed by atoms with Gasteiger partial charge in [0, 0.05) is 50.6 Å². The third-order valence-corrected chi connectivity index (χ3v) is 6.07. The molecule has 0 aliphatic carbocycles. The summed E-state index contributed by atoms with van der Waals surface area (Å²) in [4.78, 5) is 33.4. The molecule has 2 fully saturated rings. The number of amides is 2. The molecule has 1 unspecified atom stereocenters. The van der Waals surface area contributed by atoms with Crippen molar-refractivity contribution in [1.29, 1.82) is 5.26 Å². The summed E-state index contributed by atoms with van der Waals surface area (Å²) in [6.07, 6.45) is 3.88. The van der Waals surface area contributed by atoms with Crippen LogP contribution >= 0.6 is 0 Å². The molecule has 2 aromatic rings. The van der Waals surface area contributed by atoms with Gasteiger partial charge in [-0.2, -0.15) is 10.4 Å². The van der Waals surface area contributed by atoms with E-state index in [1.165, 1.54) is 6.20 Å². The van der Waals surface area contributed by atoms with Crippen molar-refractivity contribution in [1.82, 2.24) is 24.4 Å². The number of ether oxygens (including phenoxy) is 1. The molecule has 30 heavy (non-hydrogen) atoms. The van der Waals surface area contributed by atoms with Crippen LogP contribution in [0.1, 0.15) is 41.8 Å². The van der Waals surface area contributed by atoms with Gasteiger partial charge in [0.2, 0.25) is 5.91 Å². The molecule has 9 nitrogen and oxygen atoms in total. The highest BCUT2D eigenvalue weighted by Gasteiger charge is 2.31. The minimum atomic E-state index is -0.301. The Hall–Kier alpha value is -2.99. The van der Waals surface area contributed by atoms with E-state index in [0.29, 0.717) is 56.8 Å². The summed E-state index contributed by atoms with van der Waals surface area (Å²) in [6.45, 7) is 6.71. The number of nitrogens with zero attached hydrogens (tertiary/aromatic N) is 6. The summed E-state index contributed by atoms with van der Waals surface area (Å²) in [5, 5.41) is 13.4. The molecule has 2 aromatic heterocycles. The van der Waals surface area contributed by atoms with Gasteiger partial charge in [-0.05, 0) is 38.7 Å². The van der Waals surface area contributed by atoms with Gasteiger partial charge in [0.25, 0.3) is 5.91 Å². The molecule has 0 radical (unpaired) electrons. The zero-order valence-corrected chi connectivity index (χ0v) is 17.4. The van der Waals surface area contributed by atoms with Crippen LogP contribution < -0.4 is 0 Å². The lowest BCUT2D eigenvalue weighted by Crippen LogP contribution is -2.52. The van der Waals surface area contributed by atoms with Crippen molar-refractivity contribution in [2.75, 3.05) is 32.8 Å². The number of hydrogen-bond acceptors (Lipinski definition) is 6. The van der Waals surface area contributed by atoms with Crippen LogP contribution in [0.5, 0.6) is 0 Å². The van der Waals surface area contributed by atoms with Gasteiger partial charge in [0.05, 0.1) is 6.20 Å². The number of hydrogen-bond donors (Lipinski definition) is 0. The van der Waals surface area contributed by atoms with Gasteiger partial charge in [-0.25, -0.2) is 9.50 Å². The quantitative estimate of drug-likeness (QED) is 0.745. The van der Waals surface area contributed by atoms with Crippen molar-refractivity contribution in [3.05, 3.63) is 28.7 Å². The largest absolute Gasteiger partial charge is 0.368 e. The van der Waals surface area contributed by atoms with Gasteiger partial charge < -0.3 is 14.5 Å². The van der Waals surface area contributed by atoms with Crippen LogP contribution in [0.15, 0.2) is 6.20 Å². The molecule has 0 spiro atoms. The van der Waals surface area contributed by atoms with Gasteiger partial charge in [-0.15, -0.1) is 0 Å². The Bertz CT molecular complexity index is 1010. The monoisotopic (exact) mass is 410 g/mol. The number of nitriles is 1. The highest BCUT2D eigenvalue weighted by atomic mass is 16.5. The number of fused-ring (bicyclic) bond motifs is 1. The molecule has 2 aliphatic rings. The minimum absolute atomic E-state index is 0.0567. The number of carbonyl (C=O) groups excluding carboxylic acids is 2. The first-order valence-electron chi connectivity index (χ1n) is 10.4. The van der Waals surface area contributed by atoms with E-state index in [9.17, 15) is 14.9 Å². The van der Waals surface area contributed by atoms with E-state index in [0.717, 1.165) is 29.8 Å². The first kappa shape index (κ1) is 20.3. The first-order chi connectivity index (χ1) is 14.5. The standard InChI is InChI=1S/C21H26N6O3/c1-14-17(15(2)27-20(24-14)16(12-22)13-23-27)5-6-19(28)25-7-9-26(10-8-25)21(29)18-4-3-11-30-18/h13,18H,3-11H2,1-2H3. The van der Waals surface area contributed by atoms with Crippen molar-refractivity contribution in [2.45, 2.75) is 45.6 Å². The van der Waals surface area contributed by atoms with Crippen molar-refractivity contribution in [2.24, 2.45) is 0 Å². The molecule has 1 atom stereocenters. The zero-order valence-electron chi connectivity index (χ0n) is 17.4. The van der Waals surface area contributed by atoms with Crippen LogP contribution in [0.2, 0.25) is 0 Å². The highest BCUT2D eigenvalue weighted by molar-refractivity contribution is 5.82. The summed E-state index contributed by atoms with van der Waals surface area (Å²) < 4.78 is 7.16. The first-order valence-corrected chi connectivity index (χ1v) is 10.4. The van der Waals surface area contributed by atoms with E-state index in [1.54, 1.807) is 4.52 Å². The third-order valence-electron chi connectivity index (χ3n) is 6.07. The second kappa shape index (κ2) is 8.40. The Morgan fingerprint density at radius 3 is 2.63 bits per heavy atom. The fraction of sp³-hybridized carbons (Fsp3) is 0.571. The van der Waals surface area contributed by atoms with Crippen molar-refractivity contribution in [3.63, 3.8) is 0 Å². The minimum Gasteiger partial charge on any atom is -0.368 e. The molecular weight excluding hydrogens is 384 g/mol. The van der Waals surface area contributed by atoms with Crippen LogP contribution in [0, 0.1) is 25.2 Å². The molecule has 0 N–H and O–H groups in total. The second-order valence-corrected chi connectivity index (χ2v) is 7.87. The van der Waals surface area contributed by atoms with E-state index in [-0.39, 0.29) is 17.9 Å². The smallest absolute Gasteiger partial charge is 0.251 e. The lowest BCUT2D eigenvalue weighted by atomic mass is 10.1. The maximum atomic E-state index is 12.8. The number of aromatic nitrogens is 3. The van der Waals surface area contributed by atoms with Crippen molar-refractivity contribution in [3.8, 4) is 6.07 Å². The second-order valence-electron chi connectivity index (χ2n) is 7.87. The SMILES string of the molecule is Cc1nc2c(C#N)cnn2c(C)c1CCC(=O)N1CCN(C(=O)C2CCCO2)CC1. The predicted octanol–water partition coefficient (Wildman–Crippen LogP) is 1.00. The maximum absolute atomic E-state index is 12.8. The summed E-state index contributed by atoms with van der Waals surface area (Å²) >= 11 is 0. The fourth-order valence-electron chi connectivity index (χ4n) is 4.29. The average Bonchev–Trinajstić information content (AvgIpc) is 3.43. The number of carbonyl (C=O) groups is 2. The van der Waals surface area contributed by atoms with Crippen LogP contribution in [0.25, 0.3) is 5.65 Å². The van der Waals surface area contributed by atoms with Gasteiger partial charge in [0.15, 0.2) is 5.65 Å². The molecular formula is C21H26N6O3. The summed E-state index contributed by atoms with van der Waals surface area (Å²) in [6, 6.07) is 2.10. The zero-order chi connectivity index (χ0) is 21.3. The maximum Gasteiger partial charge on any atom is 0.251 e. The summed E-state index contributed by atoms with van der Waals surface area (Å²) in [5.41, 5.74) is 3.69. The Morgan fingerprint density at radius 1 is 1.23 bits per heavy atom. The number of rotatable bonds is 4.